The molecule has 1 aromatic carbocycles. The molecule has 0 fully saturated rings. The van der Waals surface area contributed by atoms with Crippen molar-refractivity contribution in [2.45, 2.75) is 17.7 Å². The van der Waals surface area contributed by atoms with Gasteiger partial charge in [0.15, 0.2) is 0 Å². The molecule has 1 N–H and O–H groups in total. The fourth-order valence-corrected chi connectivity index (χ4v) is 2.87. The standard InChI is InChI=1S/C14H25N3O2S/c1-16(2)12-8-7-11-15-13-9-5-6-10-14(13)20(18,19)17(3)4/h5-6,9-10,15H,7-8,11-12H2,1-4H3. The van der Waals surface area contributed by atoms with Crippen LogP contribution in [-0.2, 0) is 10.0 Å². The molecule has 0 aliphatic heterocycles. The minimum absolute atomic E-state index is 0.331. The number of nitrogens with one attached hydrogen (secondary N) is 1. The first-order chi connectivity index (χ1) is 9.35. The van der Waals surface area contributed by atoms with Gasteiger partial charge in [0.25, 0.3) is 0 Å². The van der Waals surface area contributed by atoms with Crippen molar-refractivity contribution in [3.63, 3.8) is 0 Å². The third-order valence-corrected chi connectivity index (χ3v) is 4.87. The highest BCUT2D eigenvalue weighted by atomic mass is 32.2. The molecule has 5 nitrogen and oxygen atoms in total. The van der Waals surface area contributed by atoms with E-state index in [1.807, 2.05) is 26.2 Å². The maximum atomic E-state index is 12.2. The van der Waals surface area contributed by atoms with Crippen LogP contribution in [-0.4, -0.2) is 58.9 Å². The molecule has 1 aromatic rings. The first kappa shape index (κ1) is 16.9. The fourth-order valence-electron chi connectivity index (χ4n) is 1.81. The number of hydrogen-bond donors (Lipinski definition) is 1. The van der Waals surface area contributed by atoms with Gasteiger partial charge in [-0.2, -0.15) is 0 Å². The van der Waals surface area contributed by atoms with Crippen LogP contribution in [0.3, 0.4) is 0 Å². The van der Waals surface area contributed by atoms with Crippen LogP contribution in [0.15, 0.2) is 29.2 Å². The van der Waals surface area contributed by atoms with Crippen LogP contribution in [0, 0.1) is 0 Å². The maximum Gasteiger partial charge on any atom is 0.244 e. The van der Waals surface area contributed by atoms with Crippen molar-refractivity contribution in [3.8, 4) is 0 Å². The van der Waals surface area contributed by atoms with Crippen LogP contribution < -0.4 is 5.32 Å². The predicted octanol–water partition coefficient (Wildman–Crippen LogP) is 1.69. The summed E-state index contributed by atoms with van der Waals surface area (Å²) in [6.45, 7) is 1.81. The van der Waals surface area contributed by atoms with E-state index in [9.17, 15) is 8.42 Å². The van der Waals surface area contributed by atoms with Crippen molar-refractivity contribution >= 4 is 15.7 Å². The summed E-state index contributed by atoms with van der Waals surface area (Å²) in [6.07, 6.45) is 2.09. The van der Waals surface area contributed by atoms with Crippen molar-refractivity contribution in [1.29, 1.82) is 0 Å². The zero-order chi connectivity index (χ0) is 15.2. The van der Waals surface area contributed by atoms with Gasteiger partial charge < -0.3 is 10.2 Å². The average molecular weight is 299 g/mol. The number of nitrogens with zero attached hydrogens (tertiary/aromatic N) is 2. The van der Waals surface area contributed by atoms with E-state index in [0.717, 1.165) is 25.9 Å². The second kappa shape index (κ2) is 7.61. The summed E-state index contributed by atoms with van der Waals surface area (Å²) in [4.78, 5) is 2.47. The molecule has 0 unspecified atom stereocenters. The second-order valence-corrected chi connectivity index (χ2v) is 7.34. The van der Waals surface area contributed by atoms with Gasteiger partial charge in [0.2, 0.25) is 10.0 Å². The molecule has 6 heteroatoms. The Bertz CT molecular complexity index is 513. The van der Waals surface area contributed by atoms with E-state index in [1.54, 1.807) is 26.2 Å². The molecule has 0 bridgehead atoms. The monoisotopic (exact) mass is 299 g/mol. The second-order valence-electron chi connectivity index (χ2n) is 5.22. The van der Waals surface area contributed by atoms with Gasteiger partial charge in [0, 0.05) is 20.6 Å². The van der Waals surface area contributed by atoms with E-state index in [4.69, 9.17) is 0 Å². The molecule has 0 heterocycles. The minimum atomic E-state index is -3.40. The van der Waals surface area contributed by atoms with Gasteiger partial charge >= 0.3 is 0 Å². The molecule has 20 heavy (non-hydrogen) atoms. The topological polar surface area (TPSA) is 52.7 Å². The number of benzene rings is 1. The maximum absolute atomic E-state index is 12.2. The summed E-state index contributed by atoms with van der Waals surface area (Å²) in [6, 6.07) is 7.03. The van der Waals surface area contributed by atoms with Gasteiger partial charge in [-0.3, -0.25) is 0 Å². The van der Waals surface area contributed by atoms with E-state index in [0.29, 0.717) is 10.6 Å². The summed E-state index contributed by atoms with van der Waals surface area (Å²) in [7, 11) is 3.78. The predicted molar refractivity (Wildman–Crippen MR) is 83.6 cm³/mol. The Morgan fingerprint density at radius 1 is 1.05 bits per heavy atom. The first-order valence-corrected chi connectivity index (χ1v) is 8.20. The van der Waals surface area contributed by atoms with Crippen molar-refractivity contribution < 1.29 is 8.42 Å². The van der Waals surface area contributed by atoms with E-state index in [2.05, 4.69) is 10.2 Å². The molecule has 0 aromatic heterocycles. The molecular weight excluding hydrogens is 274 g/mol. The number of unbranched alkanes of at least 4 members (excludes halogenated alkanes) is 1. The molecule has 0 saturated carbocycles. The van der Waals surface area contributed by atoms with E-state index in [-0.39, 0.29) is 0 Å². The number of anilines is 1. The number of hydrogen-bond acceptors (Lipinski definition) is 4. The van der Waals surface area contributed by atoms with E-state index < -0.39 is 10.0 Å². The summed E-state index contributed by atoms with van der Waals surface area (Å²) in [5.74, 6) is 0. The Morgan fingerprint density at radius 2 is 1.70 bits per heavy atom. The van der Waals surface area contributed by atoms with Crippen LogP contribution in [0.1, 0.15) is 12.8 Å². The fraction of sp³-hybridized carbons (Fsp3) is 0.571. The number of rotatable bonds is 8. The van der Waals surface area contributed by atoms with Crippen LogP contribution in [0.2, 0.25) is 0 Å². The Labute approximate surface area is 122 Å². The summed E-state index contributed by atoms with van der Waals surface area (Å²) in [5, 5.41) is 3.22. The van der Waals surface area contributed by atoms with Crippen LogP contribution in [0.4, 0.5) is 5.69 Å². The molecule has 0 radical (unpaired) electrons. The highest BCUT2D eigenvalue weighted by Crippen LogP contribution is 2.22. The van der Waals surface area contributed by atoms with Gasteiger partial charge in [0.05, 0.1) is 5.69 Å². The van der Waals surface area contributed by atoms with Gasteiger partial charge in [-0.25, -0.2) is 12.7 Å². The SMILES string of the molecule is CN(C)CCCCNc1ccccc1S(=O)(=O)N(C)C. The summed E-state index contributed by atoms with van der Waals surface area (Å²) < 4.78 is 25.7. The van der Waals surface area contributed by atoms with E-state index in [1.165, 1.54) is 4.31 Å². The lowest BCUT2D eigenvalue weighted by Crippen LogP contribution is -2.23. The van der Waals surface area contributed by atoms with Crippen LogP contribution in [0.5, 0.6) is 0 Å². The van der Waals surface area contributed by atoms with Crippen molar-refractivity contribution in [2.75, 3.05) is 46.6 Å². The molecular formula is C14H25N3O2S. The number of sulfonamides is 1. The summed E-state index contributed by atoms with van der Waals surface area (Å²) >= 11 is 0. The zero-order valence-corrected chi connectivity index (χ0v) is 13.6. The highest BCUT2D eigenvalue weighted by Gasteiger charge is 2.20. The normalized spacial score (nSPS) is 12.1. The van der Waals surface area contributed by atoms with Crippen molar-refractivity contribution in [2.24, 2.45) is 0 Å². The smallest absolute Gasteiger partial charge is 0.244 e. The lowest BCUT2D eigenvalue weighted by molar-refractivity contribution is 0.396. The third kappa shape index (κ3) is 4.77. The Morgan fingerprint density at radius 3 is 2.30 bits per heavy atom. The summed E-state index contributed by atoms with van der Waals surface area (Å²) in [5.41, 5.74) is 0.672. The largest absolute Gasteiger partial charge is 0.384 e. The first-order valence-electron chi connectivity index (χ1n) is 6.76. The molecule has 0 spiro atoms. The minimum Gasteiger partial charge on any atom is -0.384 e. The third-order valence-electron chi connectivity index (χ3n) is 2.99. The molecule has 1 rings (SSSR count). The zero-order valence-electron chi connectivity index (χ0n) is 12.8. The van der Waals surface area contributed by atoms with Crippen LogP contribution >= 0.6 is 0 Å². The molecule has 0 aliphatic carbocycles. The lowest BCUT2D eigenvalue weighted by Gasteiger charge is -2.16. The molecule has 0 amide bonds. The van der Waals surface area contributed by atoms with Crippen molar-refractivity contribution in [1.82, 2.24) is 9.21 Å². The Kier molecular flexibility index (Phi) is 6.45. The molecule has 0 aliphatic rings. The lowest BCUT2D eigenvalue weighted by atomic mass is 10.2. The van der Waals surface area contributed by atoms with Gasteiger partial charge in [-0.15, -0.1) is 0 Å². The number of para-hydroxylation sites is 1. The Balaban J connectivity index is 2.68. The highest BCUT2D eigenvalue weighted by molar-refractivity contribution is 7.89. The van der Waals surface area contributed by atoms with Crippen LogP contribution in [0.25, 0.3) is 0 Å². The van der Waals surface area contributed by atoms with E-state index >= 15 is 0 Å². The van der Waals surface area contributed by atoms with Gasteiger partial charge in [-0.1, -0.05) is 12.1 Å². The average Bonchev–Trinajstić information content (AvgIpc) is 2.38. The molecule has 0 atom stereocenters. The molecule has 114 valence electrons. The quantitative estimate of drug-likeness (QED) is 0.742. The molecule has 0 saturated heterocycles. The Hall–Kier alpha value is -1.11. The van der Waals surface area contributed by atoms with Crippen molar-refractivity contribution in [3.05, 3.63) is 24.3 Å². The van der Waals surface area contributed by atoms with Gasteiger partial charge in [0.1, 0.15) is 4.90 Å². The van der Waals surface area contributed by atoms with Gasteiger partial charge in [-0.05, 0) is 45.6 Å².